The SMILES string of the molecule is CCCNC(c1ccc(Br)cc1)c1cc(OC)cs1. The van der Waals surface area contributed by atoms with Crippen molar-refractivity contribution in [2.75, 3.05) is 13.7 Å². The Kier molecular flexibility index (Phi) is 5.43. The summed E-state index contributed by atoms with van der Waals surface area (Å²) < 4.78 is 6.39. The summed E-state index contributed by atoms with van der Waals surface area (Å²) in [6.07, 6.45) is 1.12. The molecule has 4 heteroatoms. The molecule has 0 saturated carbocycles. The van der Waals surface area contributed by atoms with E-state index in [1.165, 1.54) is 10.4 Å². The van der Waals surface area contributed by atoms with Crippen molar-refractivity contribution in [1.82, 2.24) is 5.32 Å². The molecule has 2 aromatic rings. The van der Waals surface area contributed by atoms with Gasteiger partial charge in [0.05, 0.1) is 13.2 Å². The van der Waals surface area contributed by atoms with E-state index >= 15 is 0 Å². The van der Waals surface area contributed by atoms with Gasteiger partial charge in [-0.05, 0) is 36.7 Å². The molecule has 1 atom stereocenters. The number of benzene rings is 1. The maximum atomic E-state index is 5.28. The highest BCUT2D eigenvalue weighted by molar-refractivity contribution is 9.10. The molecule has 1 aromatic carbocycles. The highest BCUT2D eigenvalue weighted by Crippen LogP contribution is 2.31. The van der Waals surface area contributed by atoms with E-state index in [2.05, 4.69) is 63.9 Å². The Morgan fingerprint density at radius 1 is 1.32 bits per heavy atom. The van der Waals surface area contributed by atoms with Gasteiger partial charge in [0.1, 0.15) is 5.75 Å². The van der Waals surface area contributed by atoms with Crippen LogP contribution in [0.25, 0.3) is 0 Å². The van der Waals surface area contributed by atoms with Crippen LogP contribution in [-0.4, -0.2) is 13.7 Å². The van der Waals surface area contributed by atoms with Gasteiger partial charge in [0.25, 0.3) is 0 Å². The van der Waals surface area contributed by atoms with Crippen LogP contribution >= 0.6 is 27.3 Å². The summed E-state index contributed by atoms with van der Waals surface area (Å²) in [6, 6.07) is 10.8. The van der Waals surface area contributed by atoms with Gasteiger partial charge in [-0.2, -0.15) is 0 Å². The minimum absolute atomic E-state index is 0.238. The van der Waals surface area contributed by atoms with Crippen molar-refractivity contribution >= 4 is 27.3 Å². The zero-order valence-corrected chi connectivity index (χ0v) is 13.6. The van der Waals surface area contributed by atoms with Crippen LogP contribution in [0, 0.1) is 0 Å². The highest BCUT2D eigenvalue weighted by Gasteiger charge is 2.15. The van der Waals surface area contributed by atoms with Crippen molar-refractivity contribution in [3.63, 3.8) is 0 Å². The van der Waals surface area contributed by atoms with Crippen LogP contribution in [0.15, 0.2) is 40.2 Å². The second-order valence-electron chi connectivity index (χ2n) is 4.33. The molecule has 0 spiro atoms. The predicted molar refractivity (Wildman–Crippen MR) is 85.1 cm³/mol. The van der Waals surface area contributed by atoms with Crippen LogP contribution < -0.4 is 10.1 Å². The maximum Gasteiger partial charge on any atom is 0.129 e. The van der Waals surface area contributed by atoms with E-state index in [0.717, 1.165) is 23.2 Å². The van der Waals surface area contributed by atoms with E-state index in [0.29, 0.717) is 0 Å². The van der Waals surface area contributed by atoms with Gasteiger partial charge in [0.15, 0.2) is 0 Å². The molecule has 0 aliphatic carbocycles. The summed E-state index contributed by atoms with van der Waals surface area (Å²) in [6.45, 7) is 3.18. The fourth-order valence-corrected chi connectivity index (χ4v) is 3.14. The summed E-state index contributed by atoms with van der Waals surface area (Å²) in [5.41, 5.74) is 1.28. The lowest BCUT2D eigenvalue weighted by molar-refractivity contribution is 0.416. The van der Waals surface area contributed by atoms with Crippen molar-refractivity contribution in [3.05, 3.63) is 50.6 Å². The predicted octanol–water partition coefficient (Wildman–Crippen LogP) is 4.61. The third-order valence-electron chi connectivity index (χ3n) is 2.92. The molecule has 0 bridgehead atoms. The summed E-state index contributed by atoms with van der Waals surface area (Å²) in [5, 5.41) is 5.65. The average molecular weight is 340 g/mol. The smallest absolute Gasteiger partial charge is 0.129 e. The van der Waals surface area contributed by atoms with Gasteiger partial charge in [0.2, 0.25) is 0 Å². The lowest BCUT2D eigenvalue weighted by Crippen LogP contribution is -2.22. The van der Waals surface area contributed by atoms with Crippen LogP contribution in [0.4, 0.5) is 0 Å². The molecular formula is C15H18BrNOS. The molecule has 2 rings (SSSR count). The van der Waals surface area contributed by atoms with Crippen LogP contribution in [0.5, 0.6) is 5.75 Å². The van der Waals surface area contributed by atoms with Gasteiger partial charge in [-0.3, -0.25) is 0 Å². The average Bonchev–Trinajstić information content (AvgIpc) is 2.90. The number of thiophene rings is 1. The molecule has 1 aromatic heterocycles. The Labute approximate surface area is 126 Å². The van der Waals surface area contributed by atoms with E-state index in [1.807, 2.05) is 0 Å². The molecule has 0 fully saturated rings. The normalized spacial score (nSPS) is 12.4. The minimum Gasteiger partial charge on any atom is -0.496 e. The summed E-state index contributed by atoms with van der Waals surface area (Å²) in [4.78, 5) is 1.28. The maximum absolute atomic E-state index is 5.28. The summed E-state index contributed by atoms with van der Waals surface area (Å²) in [7, 11) is 1.71. The zero-order valence-electron chi connectivity index (χ0n) is 11.2. The zero-order chi connectivity index (χ0) is 13.7. The lowest BCUT2D eigenvalue weighted by atomic mass is 10.1. The molecule has 0 aliphatic rings. The molecular weight excluding hydrogens is 322 g/mol. The largest absolute Gasteiger partial charge is 0.496 e. The number of nitrogens with one attached hydrogen (secondary N) is 1. The Bertz CT molecular complexity index is 509. The van der Waals surface area contributed by atoms with Crippen molar-refractivity contribution in [3.8, 4) is 5.75 Å². The third-order valence-corrected chi connectivity index (χ3v) is 4.42. The van der Waals surface area contributed by atoms with E-state index < -0.39 is 0 Å². The molecule has 102 valence electrons. The number of rotatable bonds is 6. The highest BCUT2D eigenvalue weighted by atomic mass is 79.9. The van der Waals surface area contributed by atoms with Gasteiger partial charge < -0.3 is 10.1 Å². The van der Waals surface area contributed by atoms with E-state index in [9.17, 15) is 0 Å². The van der Waals surface area contributed by atoms with E-state index in [4.69, 9.17) is 4.74 Å². The van der Waals surface area contributed by atoms with Crippen LogP contribution in [-0.2, 0) is 0 Å². The molecule has 0 radical (unpaired) electrons. The Morgan fingerprint density at radius 3 is 2.63 bits per heavy atom. The minimum atomic E-state index is 0.238. The van der Waals surface area contributed by atoms with Gasteiger partial charge in [-0.15, -0.1) is 11.3 Å². The summed E-state index contributed by atoms with van der Waals surface area (Å²) >= 11 is 5.21. The molecule has 0 aliphatic heterocycles. The Hall–Kier alpha value is -0.840. The van der Waals surface area contributed by atoms with E-state index in [1.54, 1.807) is 18.4 Å². The molecule has 2 nitrogen and oxygen atoms in total. The first-order chi connectivity index (χ1) is 9.24. The fourth-order valence-electron chi connectivity index (χ4n) is 1.92. The van der Waals surface area contributed by atoms with Gasteiger partial charge in [-0.25, -0.2) is 0 Å². The Balaban J connectivity index is 2.26. The first-order valence-corrected chi connectivity index (χ1v) is 8.03. The molecule has 1 unspecified atom stereocenters. The molecule has 1 heterocycles. The molecule has 1 N–H and O–H groups in total. The van der Waals surface area contributed by atoms with Crippen molar-refractivity contribution < 1.29 is 4.74 Å². The topological polar surface area (TPSA) is 21.3 Å². The monoisotopic (exact) mass is 339 g/mol. The standard InChI is InChI=1S/C15H18BrNOS/c1-3-8-17-15(11-4-6-12(16)7-5-11)14-9-13(18-2)10-19-14/h4-7,9-10,15,17H,3,8H2,1-2H3. The van der Waals surface area contributed by atoms with Crippen LogP contribution in [0.2, 0.25) is 0 Å². The van der Waals surface area contributed by atoms with Gasteiger partial charge in [-0.1, -0.05) is 35.0 Å². The van der Waals surface area contributed by atoms with E-state index in [-0.39, 0.29) is 6.04 Å². The quantitative estimate of drug-likeness (QED) is 0.829. The van der Waals surface area contributed by atoms with Crippen molar-refractivity contribution in [2.24, 2.45) is 0 Å². The lowest BCUT2D eigenvalue weighted by Gasteiger charge is -2.17. The van der Waals surface area contributed by atoms with Crippen molar-refractivity contribution in [1.29, 1.82) is 0 Å². The molecule has 19 heavy (non-hydrogen) atoms. The van der Waals surface area contributed by atoms with Gasteiger partial charge in [0, 0.05) is 14.7 Å². The first-order valence-electron chi connectivity index (χ1n) is 6.36. The summed E-state index contributed by atoms with van der Waals surface area (Å²) in [5.74, 6) is 0.931. The van der Waals surface area contributed by atoms with Crippen LogP contribution in [0.3, 0.4) is 0 Å². The Morgan fingerprint density at radius 2 is 2.05 bits per heavy atom. The number of halogens is 1. The number of hydrogen-bond donors (Lipinski definition) is 1. The van der Waals surface area contributed by atoms with Crippen LogP contribution in [0.1, 0.15) is 29.8 Å². The number of methoxy groups -OCH3 is 1. The fraction of sp³-hybridized carbons (Fsp3) is 0.333. The second kappa shape index (κ2) is 7.08. The first kappa shape index (κ1) is 14.6. The second-order valence-corrected chi connectivity index (χ2v) is 6.19. The van der Waals surface area contributed by atoms with Gasteiger partial charge >= 0.3 is 0 Å². The number of hydrogen-bond acceptors (Lipinski definition) is 3. The third kappa shape index (κ3) is 3.81. The molecule has 0 amide bonds. The molecule has 0 saturated heterocycles. The number of ether oxygens (including phenoxy) is 1. The van der Waals surface area contributed by atoms with Crippen molar-refractivity contribution in [2.45, 2.75) is 19.4 Å².